The normalized spacial score (nSPS) is 10.9. The monoisotopic (exact) mass is 476 g/mol. The molecule has 0 heterocycles. The van der Waals surface area contributed by atoms with Gasteiger partial charge in [-0.05, 0) is 61.9 Å². The van der Waals surface area contributed by atoms with Gasteiger partial charge in [0.15, 0.2) is 0 Å². The van der Waals surface area contributed by atoms with E-state index in [0.29, 0.717) is 0 Å². The van der Waals surface area contributed by atoms with E-state index in [4.69, 9.17) is 9.47 Å². The lowest BCUT2D eigenvalue weighted by atomic mass is 10.0. The molecule has 0 aliphatic heterocycles. The highest BCUT2D eigenvalue weighted by molar-refractivity contribution is 7.95. The molecule has 0 saturated carbocycles. The van der Waals surface area contributed by atoms with Crippen LogP contribution in [0, 0.1) is 13.8 Å². The van der Waals surface area contributed by atoms with E-state index in [0.717, 1.165) is 23.2 Å². The quantitative estimate of drug-likeness (QED) is 0.382. The summed E-state index contributed by atoms with van der Waals surface area (Å²) in [5.74, 6) is 1.79. The fraction of sp³-hybridized carbons (Fsp3) is 0.172. The van der Waals surface area contributed by atoms with Gasteiger partial charge in [0.25, 0.3) is 0 Å². The molecule has 4 aromatic carbocycles. The van der Waals surface area contributed by atoms with Gasteiger partial charge < -0.3 is 21.9 Å². The van der Waals surface area contributed by atoms with E-state index < -0.39 is 7.26 Å². The molecule has 0 fully saturated rings. The Labute approximate surface area is 204 Å². The number of ether oxygens (including phenoxy) is 2. The van der Waals surface area contributed by atoms with Crippen LogP contribution in [0.1, 0.15) is 16.7 Å². The van der Waals surface area contributed by atoms with Crippen molar-refractivity contribution < 1.29 is 21.9 Å². The zero-order valence-electron chi connectivity index (χ0n) is 19.6. The Morgan fingerprint density at radius 1 is 0.636 bits per heavy atom. The fourth-order valence-electron chi connectivity index (χ4n) is 4.60. The first-order valence-electron chi connectivity index (χ1n) is 10.9. The molecular weight excluding hydrogens is 447 g/mol. The van der Waals surface area contributed by atoms with Crippen molar-refractivity contribution in [2.45, 2.75) is 20.0 Å². The molecule has 4 aromatic rings. The molecule has 170 valence electrons. The van der Waals surface area contributed by atoms with E-state index in [1.54, 1.807) is 14.2 Å². The predicted octanol–water partition coefficient (Wildman–Crippen LogP) is 2.82. The summed E-state index contributed by atoms with van der Waals surface area (Å²) in [5.41, 5.74) is 3.48. The van der Waals surface area contributed by atoms with Crippen LogP contribution < -0.4 is 37.8 Å². The molecule has 0 atom stereocenters. The van der Waals surface area contributed by atoms with Crippen LogP contribution in [0.3, 0.4) is 0 Å². The third-order valence-corrected chi connectivity index (χ3v) is 10.5. The molecule has 0 spiro atoms. The molecule has 0 aliphatic carbocycles. The molecule has 0 amide bonds. The average molecular weight is 477 g/mol. The van der Waals surface area contributed by atoms with E-state index in [2.05, 4.69) is 111 Å². The Balaban J connectivity index is 0.00000306. The van der Waals surface area contributed by atoms with Crippen LogP contribution in [0.15, 0.2) is 97.1 Å². The van der Waals surface area contributed by atoms with Gasteiger partial charge in [-0.1, -0.05) is 54.6 Å². The molecule has 0 radical (unpaired) electrons. The number of hydrogen-bond donors (Lipinski definition) is 0. The molecule has 0 bridgehead atoms. The SMILES string of the molecule is COc1cc(C)c(C[P+](c2ccccc2)(c2ccccc2)c2ccccc2)c(OC)c1C.[Cl-]. The highest BCUT2D eigenvalue weighted by Gasteiger charge is 2.46. The molecule has 0 unspecified atom stereocenters. The lowest BCUT2D eigenvalue weighted by Crippen LogP contribution is -3.00. The topological polar surface area (TPSA) is 18.5 Å². The van der Waals surface area contributed by atoms with Crippen molar-refractivity contribution in [3.05, 3.63) is 114 Å². The molecule has 4 rings (SSSR count). The summed E-state index contributed by atoms with van der Waals surface area (Å²) in [6, 6.07) is 35.0. The van der Waals surface area contributed by atoms with Gasteiger partial charge in [0.2, 0.25) is 0 Å². The van der Waals surface area contributed by atoms with Gasteiger partial charge in [-0.15, -0.1) is 0 Å². The lowest BCUT2D eigenvalue weighted by molar-refractivity contribution is -0.00000699. The Morgan fingerprint density at radius 3 is 1.42 bits per heavy atom. The fourth-order valence-corrected chi connectivity index (χ4v) is 8.95. The molecule has 4 heteroatoms. The van der Waals surface area contributed by atoms with Crippen molar-refractivity contribution >= 4 is 23.2 Å². The minimum Gasteiger partial charge on any atom is -1.00 e. The summed E-state index contributed by atoms with van der Waals surface area (Å²) < 4.78 is 11.6. The number of halogens is 1. The smallest absolute Gasteiger partial charge is 0.132 e. The molecule has 0 saturated heterocycles. The van der Waals surface area contributed by atoms with Crippen molar-refractivity contribution in [3.8, 4) is 11.5 Å². The first-order chi connectivity index (χ1) is 15.6. The minimum atomic E-state index is -2.01. The van der Waals surface area contributed by atoms with Gasteiger partial charge in [0.1, 0.15) is 40.8 Å². The zero-order valence-corrected chi connectivity index (χ0v) is 21.2. The second-order valence-electron chi connectivity index (χ2n) is 8.01. The van der Waals surface area contributed by atoms with Crippen LogP contribution in [0.4, 0.5) is 0 Å². The van der Waals surface area contributed by atoms with E-state index in [9.17, 15) is 0 Å². The summed E-state index contributed by atoms with van der Waals surface area (Å²) in [4.78, 5) is 0. The molecule has 0 N–H and O–H groups in total. The van der Waals surface area contributed by atoms with Crippen LogP contribution in [-0.2, 0) is 6.16 Å². The van der Waals surface area contributed by atoms with Crippen LogP contribution in [0.2, 0.25) is 0 Å². The number of hydrogen-bond acceptors (Lipinski definition) is 2. The van der Waals surface area contributed by atoms with E-state index in [-0.39, 0.29) is 12.4 Å². The third-order valence-electron chi connectivity index (χ3n) is 6.22. The number of rotatable bonds is 7. The summed E-state index contributed by atoms with van der Waals surface area (Å²) in [6.07, 6.45) is 0.880. The van der Waals surface area contributed by atoms with Crippen molar-refractivity contribution in [1.82, 2.24) is 0 Å². The summed E-state index contributed by atoms with van der Waals surface area (Å²) in [5, 5.41) is 4.10. The Hall–Kier alpha value is -2.80. The Morgan fingerprint density at radius 2 is 1.06 bits per heavy atom. The molecule has 33 heavy (non-hydrogen) atoms. The first kappa shape index (κ1) is 24.8. The van der Waals surface area contributed by atoms with E-state index in [1.165, 1.54) is 27.0 Å². The number of methoxy groups -OCH3 is 2. The summed E-state index contributed by atoms with van der Waals surface area (Å²) in [7, 11) is 1.47. The van der Waals surface area contributed by atoms with Crippen molar-refractivity contribution in [2.75, 3.05) is 14.2 Å². The Bertz CT molecular complexity index is 1080. The summed E-state index contributed by atoms with van der Waals surface area (Å²) >= 11 is 0. The van der Waals surface area contributed by atoms with Gasteiger partial charge in [0.05, 0.1) is 14.2 Å². The lowest BCUT2D eigenvalue weighted by Gasteiger charge is -2.29. The second-order valence-corrected chi connectivity index (χ2v) is 11.5. The maximum absolute atomic E-state index is 5.99. The molecule has 2 nitrogen and oxygen atoms in total. The number of benzene rings is 4. The van der Waals surface area contributed by atoms with Gasteiger partial charge in [-0.3, -0.25) is 0 Å². The van der Waals surface area contributed by atoms with Crippen LogP contribution in [0.5, 0.6) is 11.5 Å². The van der Waals surface area contributed by atoms with E-state index in [1.807, 2.05) is 0 Å². The van der Waals surface area contributed by atoms with Crippen molar-refractivity contribution in [2.24, 2.45) is 0 Å². The number of aryl methyl sites for hydroxylation is 1. The molecule has 0 aromatic heterocycles. The van der Waals surface area contributed by atoms with Gasteiger partial charge in [-0.2, -0.15) is 0 Å². The zero-order chi connectivity index (χ0) is 22.6. The maximum Gasteiger partial charge on any atom is 0.132 e. The second kappa shape index (κ2) is 10.9. The van der Waals surface area contributed by atoms with Crippen LogP contribution in [-0.4, -0.2) is 14.2 Å². The third kappa shape index (κ3) is 4.64. The van der Waals surface area contributed by atoms with Gasteiger partial charge in [0, 0.05) is 11.1 Å². The predicted molar refractivity (Wildman–Crippen MR) is 138 cm³/mol. The Kier molecular flexibility index (Phi) is 8.19. The van der Waals surface area contributed by atoms with Crippen LogP contribution in [0.25, 0.3) is 0 Å². The maximum atomic E-state index is 5.99. The molecular formula is C29H30ClO2P. The average Bonchev–Trinajstić information content (AvgIpc) is 2.86. The van der Waals surface area contributed by atoms with Crippen LogP contribution >= 0.6 is 7.26 Å². The summed E-state index contributed by atoms with van der Waals surface area (Å²) in [6.45, 7) is 4.24. The molecule has 0 aliphatic rings. The highest BCUT2D eigenvalue weighted by Crippen LogP contribution is 2.59. The largest absolute Gasteiger partial charge is 1.00 e. The minimum absolute atomic E-state index is 0. The van der Waals surface area contributed by atoms with E-state index >= 15 is 0 Å². The van der Waals surface area contributed by atoms with Gasteiger partial charge >= 0.3 is 0 Å². The highest BCUT2D eigenvalue weighted by atomic mass is 35.5. The first-order valence-corrected chi connectivity index (χ1v) is 12.8. The standard InChI is InChI=1S/C29H30O2P.ClH/c1-22-20-28(30-3)23(2)29(31-4)27(22)21-32(24-14-8-5-9-15-24,25-16-10-6-11-17-25)26-18-12-7-13-19-26;/h5-20H,21H2,1-4H3;1H/q+1;/p-1. The van der Waals surface area contributed by atoms with Crippen molar-refractivity contribution in [3.63, 3.8) is 0 Å². The van der Waals surface area contributed by atoms with Crippen molar-refractivity contribution in [1.29, 1.82) is 0 Å². The van der Waals surface area contributed by atoms with Gasteiger partial charge in [-0.25, -0.2) is 0 Å².